The lowest BCUT2D eigenvalue weighted by Gasteiger charge is -2.37. The zero-order chi connectivity index (χ0) is 19.1. The number of rotatable bonds is 4. The molecular weight excluding hydrogens is 362 g/mol. The number of carbonyl (C=O) groups excluding carboxylic acids is 1. The van der Waals surface area contributed by atoms with Gasteiger partial charge < -0.3 is 14.2 Å². The van der Waals surface area contributed by atoms with Crippen molar-refractivity contribution in [3.63, 3.8) is 0 Å². The number of benzene rings is 2. The first-order valence-electron chi connectivity index (χ1n) is 8.92. The Morgan fingerprint density at radius 2 is 1.93 bits per heavy atom. The third kappa shape index (κ3) is 2.87. The molecule has 27 heavy (non-hydrogen) atoms. The normalized spacial score (nSPS) is 21.4. The maximum absolute atomic E-state index is 12.7. The van der Waals surface area contributed by atoms with Crippen LogP contribution in [0.1, 0.15) is 39.2 Å². The number of esters is 1. The number of hydrogen-bond donors (Lipinski definition) is 0. The van der Waals surface area contributed by atoms with Crippen LogP contribution in [0.25, 0.3) is 0 Å². The Balaban J connectivity index is 1.82. The fourth-order valence-electron chi connectivity index (χ4n) is 4.14. The van der Waals surface area contributed by atoms with E-state index in [2.05, 4.69) is 36.4 Å². The van der Waals surface area contributed by atoms with E-state index >= 15 is 0 Å². The summed E-state index contributed by atoms with van der Waals surface area (Å²) in [6.07, 6.45) is 2.72. The molecule has 2 aromatic carbocycles. The third-order valence-electron chi connectivity index (χ3n) is 5.49. The average molecular weight is 385 g/mol. The topological polar surface area (TPSA) is 48.0 Å². The van der Waals surface area contributed by atoms with Crippen LogP contribution >= 0.6 is 11.8 Å². The van der Waals surface area contributed by atoms with Crippen molar-refractivity contribution in [3.05, 3.63) is 52.6 Å². The summed E-state index contributed by atoms with van der Waals surface area (Å²) in [4.78, 5) is 16.2. The van der Waals surface area contributed by atoms with Gasteiger partial charge in [0.05, 0.1) is 20.3 Å². The van der Waals surface area contributed by atoms with Crippen molar-refractivity contribution in [2.45, 2.75) is 23.5 Å². The Morgan fingerprint density at radius 1 is 1.15 bits per heavy atom. The van der Waals surface area contributed by atoms with E-state index in [0.717, 1.165) is 18.5 Å². The van der Waals surface area contributed by atoms with Crippen LogP contribution in [0.4, 0.5) is 0 Å². The van der Waals surface area contributed by atoms with Crippen molar-refractivity contribution in [3.8, 4) is 11.5 Å². The number of cyclic esters (lactones) is 1. The molecule has 0 fully saturated rings. The first kappa shape index (κ1) is 18.2. The highest BCUT2D eigenvalue weighted by molar-refractivity contribution is 7.98. The number of likely N-dealkylation sites (N-methyl/N-ethyl adjacent to an activating group) is 1. The second-order valence-electron chi connectivity index (χ2n) is 6.83. The molecule has 2 atom stereocenters. The van der Waals surface area contributed by atoms with Crippen molar-refractivity contribution in [2.75, 3.05) is 34.1 Å². The standard InChI is InChI=1S/C21H23NO4S/c1-22-10-9-12-11-13(27-4)5-6-14(12)18(22)19-15-7-8-16(24-2)20(25-3)17(15)21(23)26-19/h5-8,11,18-19H,9-10H2,1-4H3. The van der Waals surface area contributed by atoms with Gasteiger partial charge in [0.2, 0.25) is 0 Å². The summed E-state index contributed by atoms with van der Waals surface area (Å²) < 4.78 is 16.7. The maximum atomic E-state index is 12.7. The lowest BCUT2D eigenvalue weighted by atomic mass is 9.86. The van der Waals surface area contributed by atoms with E-state index in [1.807, 2.05) is 12.1 Å². The Bertz CT molecular complexity index is 898. The van der Waals surface area contributed by atoms with Crippen LogP contribution in [0.15, 0.2) is 35.2 Å². The Labute approximate surface area is 163 Å². The van der Waals surface area contributed by atoms with Gasteiger partial charge in [0.15, 0.2) is 11.5 Å². The largest absolute Gasteiger partial charge is 0.493 e. The molecule has 0 bridgehead atoms. The second-order valence-corrected chi connectivity index (χ2v) is 7.71. The molecule has 2 aliphatic heterocycles. The smallest absolute Gasteiger partial charge is 0.343 e. The van der Waals surface area contributed by atoms with Crippen LogP contribution in [-0.4, -0.2) is 44.9 Å². The van der Waals surface area contributed by atoms with E-state index in [4.69, 9.17) is 14.2 Å². The van der Waals surface area contributed by atoms with Crippen molar-refractivity contribution < 1.29 is 19.0 Å². The predicted octanol–water partition coefficient (Wildman–Crippen LogP) is 3.87. The third-order valence-corrected chi connectivity index (χ3v) is 6.21. The maximum Gasteiger partial charge on any atom is 0.343 e. The van der Waals surface area contributed by atoms with Gasteiger partial charge in [0.1, 0.15) is 11.7 Å². The van der Waals surface area contributed by atoms with E-state index < -0.39 is 0 Å². The number of carbonyl (C=O) groups is 1. The fourth-order valence-corrected chi connectivity index (χ4v) is 4.61. The molecule has 0 radical (unpaired) electrons. The molecular formula is C21H23NO4S. The van der Waals surface area contributed by atoms with Gasteiger partial charge >= 0.3 is 5.97 Å². The van der Waals surface area contributed by atoms with Gasteiger partial charge in [0, 0.05) is 17.0 Å². The van der Waals surface area contributed by atoms with Crippen LogP contribution in [-0.2, 0) is 11.2 Å². The van der Waals surface area contributed by atoms with E-state index in [-0.39, 0.29) is 18.1 Å². The number of methoxy groups -OCH3 is 2. The Kier molecular flexibility index (Phi) is 4.78. The summed E-state index contributed by atoms with van der Waals surface area (Å²) in [5, 5.41) is 0. The van der Waals surface area contributed by atoms with E-state index in [1.54, 1.807) is 26.0 Å². The zero-order valence-corrected chi connectivity index (χ0v) is 16.8. The minimum absolute atomic E-state index is 0.0204. The first-order valence-corrected chi connectivity index (χ1v) is 10.1. The van der Waals surface area contributed by atoms with E-state index in [1.165, 1.54) is 16.0 Å². The first-order chi connectivity index (χ1) is 13.1. The predicted molar refractivity (Wildman–Crippen MR) is 105 cm³/mol. The molecule has 2 heterocycles. The lowest BCUT2D eigenvalue weighted by molar-refractivity contribution is 0.00936. The Hall–Kier alpha value is -2.18. The molecule has 0 aliphatic carbocycles. The quantitative estimate of drug-likeness (QED) is 0.588. The summed E-state index contributed by atoms with van der Waals surface area (Å²) in [5.74, 6) is 0.627. The van der Waals surface area contributed by atoms with Crippen LogP contribution in [0.3, 0.4) is 0 Å². The molecule has 0 spiro atoms. The molecule has 0 saturated carbocycles. The molecule has 5 nitrogen and oxygen atoms in total. The summed E-state index contributed by atoms with van der Waals surface area (Å²) in [6.45, 7) is 0.923. The fraction of sp³-hybridized carbons (Fsp3) is 0.381. The zero-order valence-electron chi connectivity index (χ0n) is 15.9. The van der Waals surface area contributed by atoms with Crippen LogP contribution in [0, 0.1) is 0 Å². The molecule has 4 rings (SSSR count). The van der Waals surface area contributed by atoms with Crippen molar-refractivity contribution >= 4 is 17.7 Å². The van der Waals surface area contributed by atoms with Gasteiger partial charge in [-0.15, -0.1) is 11.8 Å². The molecule has 2 unspecified atom stereocenters. The van der Waals surface area contributed by atoms with E-state index in [9.17, 15) is 4.79 Å². The Morgan fingerprint density at radius 3 is 2.63 bits per heavy atom. The van der Waals surface area contributed by atoms with Crippen LogP contribution < -0.4 is 9.47 Å². The SMILES string of the molecule is COc1ccc2c(c1OC)C(=O)OC2C1c2ccc(SC)cc2CCN1C. The minimum Gasteiger partial charge on any atom is -0.493 e. The summed E-state index contributed by atoms with van der Waals surface area (Å²) in [7, 11) is 5.20. The number of hydrogen-bond acceptors (Lipinski definition) is 6. The summed E-state index contributed by atoms with van der Waals surface area (Å²) in [6, 6.07) is 10.3. The molecule has 6 heteroatoms. The van der Waals surface area contributed by atoms with Crippen LogP contribution in [0.5, 0.6) is 11.5 Å². The van der Waals surface area contributed by atoms with Crippen LogP contribution in [0.2, 0.25) is 0 Å². The van der Waals surface area contributed by atoms with Gasteiger partial charge in [-0.3, -0.25) is 4.90 Å². The van der Waals surface area contributed by atoms with Gasteiger partial charge in [-0.25, -0.2) is 4.79 Å². The molecule has 0 aromatic heterocycles. The molecule has 2 aromatic rings. The molecule has 0 saturated heterocycles. The van der Waals surface area contributed by atoms with Gasteiger partial charge in [0.25, 0.3) is 0 Å². The summed E-state index contributed by atoms with van der Waals surface area (Å²) >= 11 is 1.74. The molecule has 2 aliphatic rings. The molecule has 0 N–H and O–H groups in total. The monoisotopic (exact) mass is 385 g/mol. The number of ether oxygens (including phenoxy) is 3. The van der Waals surface area contributed by atoms with Crippen molar-refractivity contribution in [1.29, 1.82) is 0 Å². The van der Waals surface area contributed by atoms with Crippen molar-refractivity contribution in [1.82, 2.24) is 4.90 Å². The van der Waals surface area contributed by atoms with Gasteiger partial charge in [-0.2, -0.15) is 0 Å². The highest BCUT2D eigenvalue weighted by Gasteiger charge is 2.43. The van der Waals surface area contributed by atoms with Gasteiger partial charge in [-0.05, 0) is 49.1 Å². The number of thioether (sulfide) groups is 1. The summed E-state index contributed by atoms with van der Waals surface area (Å²) in [5.41, 5.74) is 3.89. The minimum atomic E-state index is -0.364. The van der Waals surface area contributed by atoms with Crippen molar-refractivity contribution in [2.24, 2.45) is 0 Å². The molecule has 0 amide bonds. The number of nitrogens with zero attached hydrogens (tertiary/aromatic N) is 1. The number of fused-ring (bicyclic) bond motifs is 2. The lowest BCUT2D eigenvalue weighted by Crippen LogP contribution is -2.36. The highest BCUT2D eigenvalue weighted by atomic mass is 32.2. The average Bonchev–Trinajstić information content (AvgIpc) is 3.03. The van der Waals surface area contributed by atoms with E-state index in [0.29, 0.717) is 17.1 Å². The second kappa shape index (κ2) is 7.09. The highest BCUT2D eigenvalue weighted by Crippen LogP contribution is 2.49. The molecule has 142 valence electrons. The van der Waals surface area contributed by atoms with Gasteiger partial charge in [-0.1, -0.05) is 12.1 Å².